The molecule has 0 spiro atoms. The molecule has 0 bridgehead atoms. The predicted octanol–water partition coefficient (Wildman–Crippen LogP) is 3.17. The number of aromatic nitrogens is 2. The zero-order chi connectivity index (χ0) is 21.3. The Bertz CT molecular complexity index is 936. The molecule has 2 unspecified atom stereocenters. The lowest BCUT2D eigenvalue weighted by Crippen LogP contribution is -2.52. The number of likely N-dealkylation sites (tertiary alicyclic amines) is 1. The number of aromatic amines is 1. The summed E-state index contributed by atoms with van der Waals surface area (Å²) in [5, 5.41) is 2.79. The second-order valence-corrected chi connectivity index (χ2v) is 8.41. The van der Waals surface area contributed by atoms with Crippen molar-refractivity contribution in [2.45, 2.75) is 50.5 Å². The van der Waals surface area contributed by atoms with Gasteiger partial charge in [-0.05, 0) is 49.3 Å². The van der Waals surface area contributed by atoms with Crippen LogP contribution in [0, 0.1) is 5.92 Å². The first-order chi connectivity index (χ1) is 14.3. The maximum Gasteiger partial charge on any atom is 0.257 e. The molecule has 30 heavy (non-hydrogen) atoms. The van der Waals surface area contributed by atoms with Crippen molar-refractivity contribution < 1.29 is 13.6 Å². The number of piperidine rings is 1. The molecule has 2 aromatic heterocycles. The molecule has 160 valence electrons. The van der Waals surface area contributed by atoms with E-state index in [4.69, 9.17) is 0 Å². The van der Waals surface area contributed by atoms with Gasteiger partial charge in [0.1, 0.15) is 5.82 Å². The van der Waals surface area contributed by atoms with Crippen molar-refractivity contribution in [3.63, 3.8) is 0 Å². The van der Waals surface area contributed by atoms with Crippen LogP contribution < -0.4 is 10.9 Å². The number of halogens is 2. The second kappa shape index (κ2) is 8.26. The van der Waals surface area contributed by atoms with E-state index in [0.29, 0.717) is 11.4 Å². The number of alkyl halides is 2. The number of anilines is 1. The van der Waals surface area contributed by atoms with E-state index in [9.17, 15) is 18.4 Å². The fourth-order valence-electron chi connectivity index (χ4n) is 3.94. The van der Waals surface area contributed by atoms with Crippen LogP contribution in [0.4, 0.5) is 14.6 Å². The lowest BCUT2D eigenvalue weighted by atomic mass is 9.87. The van der Waals surface area contributed by atoms with Gasteiger partial charge in [0.15, 0.2) is 0 Å². The average Bonchev–Trinajstić information content (AvgIpc) is 3.54. The summed E-state index contributed by atoms with van der Waals surface area (Å²) in [4.78, 5) is 32.5. The molecule has 2 N–H and O–H groups in total. The van der Waals surface area contributed by atoms with Crippen molar-refractivity contribution in [1.29, 1.82) is 0 Å². The molecular formula is C22H26F2N4O2. The Morgan fingerprint density at radius 3 is 2.77 bits per heavy atom. The molecule has 1 aliphatic carbocycles. The number of H-pyrrole nitrogens is 1. The highest BCUT2D eigenvalue weighted by molar-refractivity contribution is 5.93. The number of hydrogen-bond acceptors (Lipinski definition) is 4. The van der Waals surface area contributed by atoms with E-state index in [-0.39, 0.29) is 31.0 Å². The highest BCUT2D eigenvalue weighted by Gasteiger charge is 2.46. The maximum atomic E-state index is 14.5. The van der Waals surface area contributed by atoms with Gasteiger partial charge in [0, 0.05) is 38.0 Å². The fourth-order valence-corrected chi connectivity index (χ4v) is 3.94. The third kappa shape index (κ3) is 4.75. The number of pyridine rings is 2. The van der Waals surface area contributed by atoms with E-state index in [2.05, 4.69) is 15.3 Å². The summed E-state index contributed by atoms with van der Waals surface area (Å²) in [6, 6.07) is 5.85. The zero-order valence-electron chi connectivity index (χ0n) is 16.9. The van der Waals surface area contributed by atoms with E-state index in [1.54, 1.807) is 24.1 Å². The van der Waals surface area contributed by atoms with Crippen molar-refractivity contribution in [3.8, 4) is 0 Å². The molecular weight excluding hydrogens is 390 g/mol. The van der Waals surface area contributed by atoms with Crippen LogP contribution in [0.2, 0.25) is 0 Å². The Hall–Kier alpha value is -2.61. The van der Waals surface area contributed by atoms with Crippen molar-refractivity contribution in [2.24, 2.45) is 5.92 Å². The number of nitrogens with zero attached hydrogens (tertiary/aromatic N) is 2. The largest absolute Gasteiger partial charge is 0.329 e. The number of hydrogen-bond donors (Lipinski definition) is 2. The number of carbonyl (C=O) groups is 1. The van der Waals surface area contributed by atoms with Gasteiger partial charge < -0.3 is 10.3 Å². The maximum absolute atomic E-state index is 14.5. The molecule has 1 amide bonds. The minimum Gasteiger partial charge on any atom is -0.329 e. The molecule has 4 rings (SSSR count). The van der Waals surface area contributed by atoms with E-state index in [1.807, 2.05) is 6.07 Å². The van der Waals surface area contributed by atoms with Gasteiger partial charge in [0.05, 0.1) is 12.0 Å². The Labute approximate surface area is 173 Å². The summed E-state index contributed by atoms with van der Waals surface area (Å²) in [5.41, 5.74) is 1.19. The fraction of sp³-hybridized carbons (Fsp3) is 0.500. The summed E-state index contributed by atoms with van der Waals surface area (Å²) in [6.45, 7) is 1.86. The minimum absolute atomic E-state index is 0.0292. The molecule has 2 atom stereocenters. The van der Waals surface area contributed by atoms with Crippen LogP contribution in [0.1, 0.15) is 43.2 Å². The average molecular weight is 416 g/mol. The van der Waals surface area contributed by atoms with Gasteiger partial charge >= 0.3 is 0 Å². The number of amides is 1. The molecule has 2 fully saturated rings. The molecule has 2 aromatic rings. The number of nitrogens with one attached hydrogen (secondary N) is 2. The Morgan fingerprint density at radius 1 is 1.33 bits per heavy atom. The topological polar surface area (TPSA) is 78.1 Å². The van der Waals surface area contributed by atoms with Crippen molar-refractivity contribution in [3.05, 3.63) is 58.1 Å². The van der Waals surface area contributed by atoms with Crippen LogP contribution >= 0.6 is 0 Å². The molecule has 1 aliphatic heterocycles. The van der Waals surface area contributed by atoms with E-state index in [1.165, 1.54) is 31.2 Å². The lowest BCUT2D eigenvalue weighted by Gasteiger charge is -2.40. The highest BCUT2D eigenvalue weighted by Crippen LogP contribution is 2.40. The highest BCUT2D eigenvalue weighted by atomic mass is 19.3. The first-order valence-electron chi connectivity index (χ1n) is 10.4. The molecule has 6 nitrogen and oxygen atoms in total. The third-order valence-corrected chi connectivity index (χ3v) is 6.09. The van der Waals surface area contributed by atoms with Gasteiger partial charge in [-0.25, -0.2) is 13.8 Å². The van der Waals surface area contributed by atoms with Crippen LogP contribution in [-0.2, 0) is 11.2 Å². The normalized spacial score (nSPS) is 22.4. The summed E-state index contributed by atoms with van der Waals surface area (Å²) in [7, 11) is 0. The minimum atomic E-state index is -2.90. The first kappa shape index (κ1) is 20.7. The van der Waals surface area contributed by atoms with Crippen LogP contribution in [0.3, 0.4) is 0 Å². The van der Waals surface area contributed by atoms with Crippen molar-refractivity contribution in [1.82, 2.24) is 14.9 Å². The van der Waals surface area contributed by atoms with Crippen molar-refractivity contribution >= 4 is 11.7 Å². The molecule has 0 radical (unpaired) electrons. The van der Waals surface area contributed by atoms with E-state index in [0.717, 1.165) is 17.9 Å². The Morgan fingerprint density at radius 2 is 2.13 bits per heavy atom. The number of carbonyl (C=O) groups excluding carboxylic acids is 1. The van der Waals surface area contributed by atoms with Gasteiger partial charge in [-0.2, -0.15) is 0 Å². The van der Waals surface area contributed by atoms with Gasteiger partial charge in [-0.1, -0.05) is 12.1 Å². The zero-order valence-corrected chi connectivity index (χ0v) is 16.9. The molecule has 1 saturated heterocycles. The summed E-state index contributed by atoms with van der Waals surface area (Å²) in [6.07, 6.45) is 6.33. The molecule has 8 heteroatoms. The Balaban J connectivity index is 1.40. The Kier molecular flexibility index (Phi) is 5.69. The molecule has 3 heterocycles. The van der Waals surface area contributed by atoms with Crippen molar-refractivity contribution in [2.75, 3.05) is 18.4 Å². The lowest BCUT2D eigenvalue weighted by molar-refractivity contribution is -0.125. The molecule has 2 aliphatic rings. The summed E-state index contributed by atoms with van der Waals surface area (Å²) < 4.78 is 29.1. The monoisotopic (exact) mass is 416 g/mol. The van der Waals surface area contributed by atoms with Crippen LogP contribution in [0.25, 0.3) is 0 Å². The van der Waals surface area contributed by atoms with Gasteiger partial charge in [0.2, 0.25) is 11.5 Å². The molecule has 0 aromatic carbocycles. The summed E-state index contributed by atoms with van der Waals surface area (Å²) in [5.74, 6) is -3.03. The van der Waals surface area contributed by atoms with E-state index >= 15 is 0 Å². The smallest absolute Gasteiger partial charge is 0.257 e. The standard InChI is InChI=1S/C22H26F2N4O2/c1-14(21(30)27-19-6-4-16(11-25-19)10-15-2-3-15)28-9-8-22(23,24)18(13-28)17-5-7-20(29)26-12-17/h4-7,11-12,14-15,18H,2-3,8-10,13H2,1H3,(H,26,29)(H,25,27,30). The van der Waals surface area contributed by atoms with Gasteiger partial charge in [0.25, 0.3) is 5.92 Å². The predicted molar refractivity (Wildman–Crippen MR) is 110 cm³/mol. The second-order valence-electron chi connectivity index (χ2n) is 8.41. The van der Waals surface area contributed by atoms with E-state index < -0.39 is 17.9 Å². The SMILES string of the molecule is CC(C(=O)Nc1ccc(CC2CC2)cn1)N1CCC(F)(F)C(c2ccc(=O)[nH]c2)C1. The van der Waals surface area contributed by atoms with Crippen LogP contribution in [0.15, 0.2) is 41.5 Å². The van der Waals surface area contributed by atoms with Crippen LogP contribution in [-0.4, -0.2) is 45.8 Å². The quantitative estimate of drug-likeness (QED) is 0.758. The number of rotatable bonds is 6. The van der Waals surface area contributed by atoms with Gasteiger partial charge in [-0.3, -0.25) is 14.5 Å². The van der Waals surface area contributed by atoms with Gasteiger partial charge in [-0.15, -0.1) is 0 Å². The van der Waals surface area contributed by atoms with Crippen LogP contribution in [0.5, 0.6) is 0 Å². The first-order valence-corrected chi connectivity index (χ1v) is 10.4. The third-order valence-electron chi connectivity index (χ3n) is 6.09. The summed E-state index contributed by atoms with van der Waals surface area (Å²) >= 11 is 0. The molecule has 1 saturated carbocycles.